The van der Waals surface area contributed by atoms with Gasteiger partial charge in [0.1, 0.15) is 0 Å². The van der Waals surface area contributed by atoms with Crippen molar-refractivity contribution in [3.8, 4) is 0 Å². The molecule has 0 radical (unpaired) electrons. The molecule has 1 rings (SSSR count). The Hall–Kier alpha value is -1.08. The summed E-state index contributed by atoms with van der Waals surface area (Å²) in [6.07, 6.45) is 1.88. The molecule has 0 unspecified atom stereocenters. The smallest absolute Gasteiger partial charge is 0.0505 e. The Morgan fingerprint density at radius 2 is 2.00 bits per heavy atom. The first kappa shape index (κ1) is 10.0. The van der Waals surface area contributed by atoms with E-state index < -0.39 is 0 Å². The van der Waals surface area contributed by atoms with Gasteiger partial charge in [0.05, 0.1) is 6.61 Å². The van der Waals surface area contributed by atoms with Crippen molar-refractivity contribution in [3.63, 3.8) is 0 Å². The average molecular weight is 176 g/mol. The Morgan fingerprint density at radius 1 is 1.38 bits per heavy atom. The van der Waals surface area contributed by atoms with Crippen LogP contribution in [-0.4, -0.2) is 11.7 Å². The molecule has 0 heterocycles. The van der Waals surface area contributed by atoms with E-state index >= 15 is 0 Å². The summed E-state index contributed by atoms with van der Waals surface area (Å²) in [5, 5.41) is 9.23. The Bertz CT molecular complexity index is 253. The number of aliphatic hydroxyl groups is 1. The summed E-state index contributed by atoms with van der Waals surface area (Å²) in [5.74, 6) is 0.492. The van der Waals surface area contributed by atoms with Gasteiger partial charge in [-0.25, -0.2) is 0 Å². The molecule has 1 aromatic carbocycles. The molecule has 1 N–H and O–H groups in total. The summed E-state index contributed by atoms with van der Waals surface area (Å²) in [7, 11) is 0. The van der Waals surface area contributed by atoms with Gasteiger partial charge in [-0.2, -0.15) is 0 Å². The number of hydrogen-bond donors (Lipinski definition) is 1. The summed E-state index contributed by atoms with van der Waals surface area (Å²) >= 11 is 0. The molecule has 0 spiro atoms. The van der Waals surface area contributed by atoms with Crippen LogP contribution in [0.15, 0.2) is 43.0 Å². The van der Waals surface area contributed by atoms with Crippen LogP contribution in [0.3, 0.4) is 0 Å². The highest BCUT2D eigenvalue weighted by Gasteiger charge is 2.14. The lowest BCUT2D eigenvalue weighted by molar-refractivity contribution is 0.245. The van der Waals surface area contributed by atoms with Crippen LogP contribution in [0.4, 0.5) is 0 Å². The van der Waals surface area contributed by atoms with E-state index in [9.17, 15) is 5.11 Å². The normalized spacial score (nSPS) is 14.9. The lowest BCUT2D eigenvalue weighted by Crippen LogP contribution is -2.11. The SMILES string of the molecule is C=C[C@H](C)[C@H](CO)c1ccccc1. The zero-order chi connectivity index (χ0) is 9.68. The van der Waals surface area contributed by atoms with Crippen LogP contribution in [-0.2, 0) is 0 Å². The maximum Gasteiger partial charge on any atom is 0.0505 e. The molecule has 2 atom stereocenters. The van der Waals surface area contributed by atoms with Gasteiger partial charge in [0, 0.05) is 5.92 Å². The maximum absolute atomic E-state index is 9.23. The number of benzene rings is 1. The molecule has 1 nitrogen and oxygen atoms in total. The van der Waals surface area contributed by atoms with Gasteiger partial charge in [-0.15, -0.1) is 6.58 Å². The molecule has 0 aromatic heterocycles. The van der Waals surface area contributed by atoms with Gasteiger partial charge < -0.3 is 5.11 Å². The third kappa shape index (κ3) is 2.43. The van der Waals surface area contributed by atoms with Crippen LogP contribution >= 0.6 is 0 Å². The lowest BCUT2D eigenvalue weighted by atomic mass is 9.88. The average Bonchev–Trinajstić information content (AvgIpc) is 2.20. The minimum absolute atomic E-state index is 0.178. The van der Waals surface area contributed by atoms with Crippen molar-refractivity contribution in [2.75, 3.05) is 6.61 Å². The number of aliphatic hydroxyl groups excluding tert-OH is 1. The van der Waals surface area contributed by atoms with Crippen LogP contribution < -0.4 is 0 Å². The van der Waals surface area contributed by atoms with E-state index in [1.165, 1.54) is 5.56 Å². The molecule has 0 fully saturated rings. The second kappa shape index (κ2) is 4.83. The molecule has 1 aromatic rings. The highest BCUT2D eigenvalue weighted by molar-refractivity contribution is 5.21. The standard InChI is InChI=1S/C12H16O/c1-3-10(2)12(9-13)11-7-5-4-6-8-11/h3-8,10,12-13H,1,9H2,2H3/t10-,12-/m0/s1. The molecule has 13 heavy (non-hydrogen) atoms. The first-order valence-corrected chi connectivity index (χ1v) is 4.58. The van der Waals surface area contributed by atoms with E-state index in [4.69, 9.17) is 0 Å². The van der Waals surface area contributed by atoms with Crippen molar-refractivity contribution in [2.45, 2.75) is 12.8 Å². The van der Waals surface area contributed by atoms with Crippen molar-refractivity contribution in [1.82, 2.24) is 0 Å². The summed E-state index contributed by atoms with van der Waals surface area (Å²) in [6.45, 7) is 5.99. The first-order valence-electron chi connectivity index (χ1n) is 4.58. The molecular weight excluding hydrogens is 160 g/mol. The molecule has 70 valence electrons. The summed E-state index contributed by atoms with van der Waals surface area (Å²) in [4.78, 5) is 0. The highest BCUT2D eigenvalue weighted by Crippen LogP contribution is 2.24. The van der Waals surface area contributed by atoms with Crippen LogP contribution in [0.2, 0.25) is 0 Å². The van der Waals surface area contributed by atoms with E-state index in [2.05, 4.69) is 13.5 Å². The topological polar surface area (TPSA) is 20.2 Å². The number of allylic oxidation sites excluding steroid dienone is 1. The van der Waals surface area contributed by atoms with E-state index in [1.807, 2.05) is 36.4 Å². The van der Waals surface area contributed by atoms with Gasteiger partial charge in [-0.05, 0) is 11.5 Å². The van der Waals surface area contributed by atoms with E-state index in [-0.39, 0.29) is 12.5 Å². The largest absolute Gasteiger partial charge is 0.396 e. The zero-order valence-electron chi connectivity index (χ0n) is 7.98. The minimum Gasteiger partial charge on any atom is -0.396 e. The first-order chi connectivity index (χ1) is 6.29. The second-order valence-electron chi connectivity index (χ2n) is 3.29. The maximum atomic E-state index is 9.23. The molecule has 0 saturated carbocycles. The fraction of sp³-hybridized carbons (Fsp3) is 0.333. The van der Waals surface area contributed by atoms with Crippen molar-refractivity contribution in [3.05, 3.63) is 48.6 Å². The summed E-state index contributed by atoms with van der Waals surface area (Å²) in [5.41, 5.74) is 1.18. The van der Waals surface area contributed by atoms with Gasteiger partial charge in [0.15, 0.2) is 0 Å². The lowest BCUT2D eigenvalue weighted by Gasteiger charge is -2.18. The molecule has 0 amide bonds. The van der Waals surface area contributed by atoms with Crippen molar-refractivity contribution in [2.24, 2.45) is 5.92 Å². The monoisotopic (exact) mass is 176 g/mol. The predicted octanol–water partition coefficient (Wildman–Crippen LogP) is 2.58. The van der Waals surface area contributed by atoms with Gasteiger partial charge >= 0.3 is 0 Å². The Kier molecular flexibility index (Phi) is 3.71. The fourth-order valence-corrected chi connectivity index (χ4v) is 1.44. The third-order valence-electron chi connectivity index (χ3n) is 2.43. The predicted molar refractivity (Wildman–Crippen MR) is 55.6 cm³/mol. The van der Waals surface area contributed by atoms with Gasteiger partial charge in [-0.3, -0.25) is 0 Å². The van der Waals surface area contributed by atoms with E-state index in [1.54, 1.807) is 0 Å². The van der Waals surface area contributed by atoms with Crippen molar-refractivity contribution in [1.29, 1.82) is 0 Å². The van der Waals surface area contributed by atoms with E-state index in [0.29, 0.717) is 5.92 Å². The van der Waals surface area contributed by atoms with Gasteiger partial charge in [0.25, 0.3) is 0 Å². The van der Waals surface area contributed by atoms with Gasteiger partial charge in [0.2, 0.25) is 0 Å². The fourth-order valence-electron chi connectivity index (χ4n) is 1.44. The van der Waals surface area contributed by atoms with Crippen molar-refractivity contribution >= 4 is 0 Å². The molecule has 0 aliphatic carbocycles. The third-order valence-corrected chi connectivity index (χ3v) is 2.43. The van der Waals surface area contributed by atoms with Crippen LogP contribution in [0.5, 0.6) is 0 Å². The number of rotatable bonds is 4. The van der Waals surface area contributed by atoms with Gasteiger partial charge in [-0.1, -0.05) is 43.3 Å². The minimum atomic E-state index is 0.178. The molecule has 0 bridgehead atoms. The zero-order valence-corrected chi connectivity index (χ0v) is 7.98. The second-order valence-corrected chi connectivity index (χ2v) is 3.29. The quantitative estimate of drug-likeness (QED) is 0.699. The Labute approximate surface area is 79.7 Å². The molecule has 0 aliphatic heterocycles. The van der Waals surface area contributed by atoms with Crippen LogP contribution in [0, 0.1) is 5.92 Å². The Balaban J connectivity index is 2.84. The Morgan fingerprint density at radius 3 is 2.46 bits per heavy atom. The molecular formula is C12H16O. The van der Waals surface area contributed by atoms with Crippen molar-refractivity contribution < 1.29 is 5.11 Å². The van der Waals surface area contributed by atoms with Crippen LogP contribution in [0.25, 0.3) is 0 Å². The molecule has 0 saturated heterocycles. The molecule has 0 aliphatic rings. The highest BCUT2D eigenvalue weighted by atomic mass is 16.3. The molecule has 1 heteroatoms. The summed E-state index contributed by atoms with van der Waals surface area (Å²) in [6, 6.07) is 10.1. The van der Waals surface area contributed by atoms with Crippen LogP contribution in [0.1, 0.15) is 18.4 Å². The number of hydrogen-bond acceptors (Lipinski definition) is 1. The summed E-state index contributed by atoms with van der Waals surface area (Å²) < 4.78 is 0. The van der Waals surface area contributed by atoms with E-state index in [0.717, 1.165) is 0 Å².